The third kappa shape index (κ3) is 1.13. The van der Waals surface area contributed by atoms with Crippen LogP contribution < -0.4 is 4.90 Å². The van der Waals surface area contributed by atoms with Crippen LogP contribution in [-0.2, 0) is 0 Å². The van der Waals surface area contributed by atoms with Crippen molar-refractivity contribution in [1.82, 2.24) is 9.97 Å². The zero-order valence-electron chi connectivity index (χ0n) is 9.88. The third-order valence-electron chi connectivity index (χ3n) is 3.94. The van der Waals surface area contributed by atoms with Crippen molar-refractivity contribution in [2.45, 2.75) is 30.9 Å². The summed E-state index contributed by atoms with van der Waals surface area (Å²) in [4.78, 5) is 10.1. The number of nitriles is 2. The highest BCUT2D eigenvalue weighted by Gasteiger charge is 2.53. The molecule has 2 heterocycles. The lowest BCUT2D eigenvalue weighted by Gasteiger charge is -2.31. The summed E-state index contributed by atoms with van der Waals surface area (Å²) in [5.41, 5.74) is -0.246. The number of hydrogen-bond acceptors (Lipinski definition) is 6. The topological polar surface area (TPSA) is 96.8 Å². The second-order valence-electron chi connectivity index (χ2n) is 4.74. The van der Waals surface area contributed by atoms with E-state index >= 15 is 0 Å². The number of anilines is 1. The fraction of sp³-hybridized carbons (Fsp3) is 0.500. The van der Waals surface area contributed by atoms with Crippen LogP contribution in [-0.4, -0.2) is 27.8 Å². The van der Waals surface area contributed by atoms with Crippen LogP contribution in [0.15, 0.2) is 0 Å². The molecule has 1 aliphatic heterocycles. The molecule has 0 aromatic carbocycles. The molecular weight excluding hydrogens is 230 g/mol. The maximum absolute atomic E-state index is 10.6. The number of aliphatic hydroxyl groups is 1. The van der Waals surface area contributed by atoms with Crippen LogP contribution in [0, 0.1) is 22.7 Å². The van der Waals surface area contributed by atoms with Crippen molar-refractivity contribution in [3.05, 3.63) is 17.1 Å². The molecule has 1 N–H and O–H groups in total. The van der Waals surface area contributed by atoms with Crippen molar-refractivity contribution in [3.63, 3.8) is 0 Å². The first-order chi connectivity index (χ1) is 8.61. The van der Waals surface area contributed by atoms with Gasteiger partial charge in [0, 0.05) is 7.05 Å². The van der Waals surface area contributed by atoms with E-state index in [-0.39, 0.29) is 17.3 Å². The molecule has 1 fully saturated rings. The highest BCUT2D eigenvalue weighted by atomic mass is 16.3. The van der Waals surface area contributed by atoms with E-state index < -0.39 is 5.72 Å². The van der Waals surface area contributed by atoms with Crippen molar-refractivity contribution in [2.75, 3.05) is 11.9 Å². The molecule has 1 aliphatic carbocycles. The minimum absolute atomic E-state index is 0.0201. The van der Waals surface area contributed by atoms with E-state index in [2.05, 4.69) is 9.97 Å². The van der Waals surface area contributed by atoms with Gasteiger partial charge >= 0.3 is 0 Å². The van der Waals surface area contributed by atoms with Gasteiger partial charge in [-0.2, -0.15) is 10.5 Å². The Morgan fingerprint density at radius 3 is 2.67 bits per heavy atom. The quantitative estimate of drug-likeness (QED) is 0.715. The first kappa shape index (κ1) is 10.9. The lowest BCUT2D eigenvalue weighted by molar-refractivity contribution is 0.0402. The van der Waals surface area contributed by atoms with Gasteiger partial charge in [-0.3, -0.25) is 0 Å². The molecule has 2 unspecified atom stereocenters. The maximum Gasteiger partial charge on any atom is 0.179 e. The largest absolute Gasteiger partial charge is 0.370 e. The fourth-order valence-electron chi connectivity index (χ4n) is 2.99. The second-order valence-corrected chi connectivity index (χ2v) is 4.74. The molecule has 2 atom stereocenters. The number of fused-ring (bicyclic) bond motifs is 3. The van der Waals surface area contributed by atoms with Crippen molar-refractivity contribution in [2.24, 2.45) is 0 Å². The molecule has 2 aliphatic rings. The Balaban J connectivity index is 2.23. The Labute approximate surface area is 104 Å². The summed E-state index contributed by atoms with van der Waals surface area (Å²) >= 11 is 0. The Bertz CT molecular complexity index is 614. The smallest absolute Gasteiger partial charge is 0.179 e. The predicted octanol–water partition coefficient (Wildman–Crippen LogP) is 0.626. The van der Waals surface area contributed by atoms with Crippen LogP contribution in [0.3, 0.4) is 0 Å². The van der Waals surface area contributed by atoms with Gasteiger partial charge < -0.3 is 10.0 Å². The van der Waals surface area contributed by atoms with Gasteiger partial charge in [0.2, 0.25) is 0 Å². The summed E-state index contributed by atoms with van der Waals surface area (Å²) in [5, 5.41) is 28.5. The summed E-state index contributed by atoms with van der Waals surface area (Å²) in [7, 11) is 1.76. The summed E-state index contributed by atoms with van der Waals surface area (Å²) in [5.74, 6) is 0.419. The standard InChI is InChI=1S/C12H11N5O/c1-17-11-10(7-3-2-4-12(7,17)18)15-8(5-13)9(6-14)16-11/h7,18H,2-4H2,1H3. The lowest BCUT2D eigenvalue weighted by Crippen LogP contribution is -2.43. The normalized spacial score (nSPS) is 28.4. The van der Waals surface area contributed by atoms with Crippen molar-refractivity contribution < 1.29 is 5.11 Å². The number of aromatic nitrogens is 2. The van der Waals surface area contributed by atoms with Crippen LogP contribution in [0.25, 0.3) is 0 Å². The SMILES string of the molecule is CN1c2nc(C#N)c(C#N)nc2C2CCCC21O. The van der Waals surface area contributed by atoms with Crippen molar-refractivity contribution >= 4 is 5.82 Å². The number of rotatable bonds is 0. The average Bonchev–Trinajstić information content (AvgIpc) is 2.86. The van der Waals surface area contributed by atoms with Gasteiger partial charge in [0.1, 0.15) is 17.9 Å². The van der Waals surface area contributed by atoms with E-state index in [1.54, 1.807) is 11.9 Å². The average molecular weight is 241 g/mol. The van der Waals surface area contributed by atoms with Gasteiger partial charge in [-0.05, 0) is 19.3 Å². The molecule has 90 valence electrons. The molecule has 0 saturated heterocycles. The zero-order chi connectivity index (χ0) is 12.9. The number of nitrogens with zero attached hydrogens (tertiary/aromatic N) is 5. The molecule has 0 spiro atoms. The molecule has 1 saturated carbocycles. The van der Waals surface area contributed by atoms with Crippen LogP contribution in [0.4, 0.5) is 5.82 Å². The molecule has 0 amide bonds. The molecule has 0 bridgehead atoms. The molecule has 1 aromatic heterocycles. The molecule has 1 aromatic rings. The highest BCUT2D eigenvalue weighted by Crippen LogP contribution is 2.52. The number of likely N-dealkylation sites (N-methyl/N-ethyl adjacent to an activating group) is 1. The second kappa shape index (κ2) is 3.41. The predicted molar refractivity (Wildman–Crippen MR) is 61.4 cm³/mol. The Hall–Kier alpha value is -2.18. The van der Waals surface area contributed by atoms with Gasteiger partial charge in [-0.15, -0.1) is 0 Å². The van der Waals surface area contributed by atoms with Crippen molar-refractivity contribution in [3.8, 4) is 12.1 Å². The minimum Gasteiger partial charge on any atom is -0.370 e. The molecule has 0 radical (unpaired) electrons. The number of hydrogen-bond donors (Lipinski definition) is 1. The van der Waals surface area contributed by atoms with Gasteiger partial charge in [0.25, 0.3) is 0 Å². The minimum atomic E-state index is -0.955. The Kier molecular flexibility index (Phi) is 2.07. The molecular formula is C12H11N5O. The highest BCUT2D eigenvalue weighted by molar-refractivity contribution is 5.58. The van der Waals surface area contributed by atoms with Gasteiger partial charge in [0.15, 0.2) is 17.2 Å². The van der Waals surface area contributed by atoms with Crippen molar-refractivity contribution in [1.29, 1.82) is 10.5 Å². The van der Waals surface area contributed by atoms with Gasteiger partial charge in [-0.25, -0.2) is 9.97 Å². The zero-order valence-corrected chi connectivity index (χ0v) is 9.88. The monoisotopic (exact) mass is 241 g/mol. The first-order valence-corrected chi connectivity index (χ1v) is 5.80. The van der Waals surface area contributed by atoms with E-state index in [1.165, 1.54) is 0 Å². The Morgan fingerprint density at radius 1 is 1.33 bits per heavy atom. The summed E-state index contributed by atoms with van der Waals surface area (Å²) in [6, 6.07) is 3.76. The summed E-state index contributed by atoms with van der Waals surface area (Å²) in [6.07, 6.45) is 2.42. The fourth-order valence-corrected chi connectivity index (χ4v) is 2.99. The van der Waals surface area contributed by atoms with E-state index in [0.29, 0.717) is 17.9 Å². The molecule has 6 nitrogen and oxygen atoms in total. The van der Waals surface area contributed by atoms with Crippen LogP contribution in [0.2, 0.25) is 0 Å². The van der Waals surface area contributed by atoms with Crippen LogP contribution in [0.5, 0.6) is 0 Å². The summed E-state index contributed by atoms with van der Waals surface area (Å²) < 4.78 is 0. The molecule has 3 rings (SSSR count). The maximum atomic E-state index is 10.6. The van der Waals surface area contributed by atoms with E-state index in [0.717, 1.165) is 12.8 Å². The van der Waals surface area contributed by atoms with Gasteiger partial charge in [0.05, 0.1) is 11.6 Å². The molecule has 18 heavy (non-hydrogen) atoms. The first-order valence-electron chi connectivity index (χ1n) is 5.80. The Morgan fingerprint density at radius 2 is 2.00 bits per heavy atom. The van der Waals surface area contributed by atoms with Gasteiger partial charge in [-0.1, -0.05) is 0 Å². The lowest BCUT2D eigenvalue weighted by atomic mass is 9.99. The van der Waals surface area contributed by atoms with Crippen LogP contribution >= 0.6 is 0 Å². The third-order valence-corrected chi connectivity index (χ3v) is 3.94. The molecule has 6 heteroatoms. The van der Waals surface area contributed by atoms with E-state index in [1.807, 2.05) is 12.1 Å². The van der Waals surface area contributed by atoms with E-state index in [4.69, 9.17) is 10.5 Å². The summed E-state index contributed by atoms with van der Waals surface area (Å²) in [6.45, 7) is 0. The van der Waals surface area contributed by atoms with E-state index in [9.17, 15) is 5.11 Å². The van der Waals surface area contributed by atoms with Crippen LogP contribution in [0.1, 0.15) is 42.3 Å².